The molecule has 0 unspecified atom stereocenters. The Hall–Kier alpha value is -3.37. The Labute approximate surface area is 203 Å². The van der Waals surface area contributed by atoms with E-state index < -0.39 is 15.8 Å². The summed E-state index contributed by atoms with van der Waals surface area (Å²) in [6.07, 6.45) is 2.51. The van der Waals surface area contributed by atoms with E-state index in [1.54, 1.807) is 19.1 Å². The summed E-state index contributed by atoms with van der Waals surface area (Å²) in [6.45, 7) is 5.98. The molecule has 3 aromatic rings. The third kappa shape index (κ3) is 6.15. The first-order chi connectivity index (χ1) is 16.1. The van der Waals surface area contributed by atoms with Gasteiger partial charge < -0.3 is 10.1 Å². The fraction of sp³-hybridized carbons (Fsp3) is 0.250. The van der Waals surface area contributed by atoms with Gasteiger partial charge in [-0.3, -0.25) is 5.41 Å². The van der Waals surface area contributed by atoms with E-state index in [0.29, 0.717) is 22.1 Å². The predicted octanol–water partition coefficient (Wildman–Crippen LogP) is 4.77. The number of hydrogen-bond acceptors (Lipinski definition) is 9. The average Bonchev–Trinajstić information content (AvgIpc) is 3.29. The summed E-state index contributed by atoms with van der Waals surface area (Å²) in [6, 6.07) is 14.2. The molecule has 1 heterocycles. The van der Waals surface area contributed by atoms with Crippen LogP contribution in [0.3, 0.4) is 0 Å². The highest BCUT2D eigenvalue weighted by Gasteiger charge is 2.18. The highest BCUT2D eigenvalue weighted by atomic mass is 32.2. The lowest BCUT2D eigenvalue weighted by Crippen LogP contribution is -2.16. The molecule has 0 radical (unpaired) electrons. The number of nitrogens with zero attached hydrogens (tertiary/aromatic N) is 2. The molecule has 0 saturated carbocycles. The van der Waals surface area contributed by atoms with Gasteiger partial charge in [0.25, 0.3) is 0 Å². The zero-order valence-electron chi connectivity index (χ0n) is 19.3. The zero-order chi connectivity index (χ0) is 24.9. The summed E-state index contributed by atoms with van der Waals surface area (Å²) in [4.78, 5) is 16.8. The molecule has 8 nitrogen and oxygen atoms in total. The van der Waals surface area contributed by atoms with Gasteiger partial charge in [-0.25, -0.2) is 18.2 Å². The molecule has 0 aliphatic carbocycles. The molecule has 2 N–H and O–H groups in total. The van der Waals surface area contributed by atoms with Gasteiger partial charge in [0.1, 0.15) is 5.71 Å². The summed E-state index contributed by atoms with van der Waals surface area (Å²) in [7, 11) is -3.38. The smallest absolute Gasteiger partial charge is 0.356 e. The van der Waals surface area contributed by atoms with Gasteiger partial charge >= 0.3 is 5.97 Å². The van der Waals surface area contributed by atoms with Crippen LogP contribution in [-0.2, 0) is 19.4 Å². The Bertz CT molecular complexity index is 1340. The second kappa shape index (κ2) is 10.7. The first-order valence-corrected chi connectivity index (χ1v) is 13.2. The van der Waals surface area contributed by atoms with Crippen molar-refractivity contribution >= 4 is 44.4 Å². The molecule has 10 heteroatoms. The number of para-hydroxylation sites is 1. The Morgan fingerprint density at radius 1 is 1.21 bits per heavy atom. The van der Waals surface area contributed by atoms with Crippen molar-refractivity contribution in [3.8, 4) is 11.4 Å². The minimum atomic E-state index is -3.38. The summed E-state index contributed by atoms with van der Waals surface area (Å²) < 4.78 is 33.2. The number of carbonyl (C=O) groups excluding carboxylic acids is 1. The van der Waals surface area contributed by atoms with E-state index in [1.807, 2.05) is 24.3 Å². The van der Waals surface area contributed by atoms with Crippen molar-refractivity contribution in [2.45, 2.75) is 31.6 Å². The maximum Gasteiger partial charge on any atom is 0.356 e. The van der Waals surface area contributed by atoms with Crippen LogP contribution in [0.15, 0.2) is 59.5 Å². The van der Waals surface area contributed by atoms with Gasteiger partial charge in [-0.15, -0.1) is 0 Å². The number of rotatable bonds is 9. The molecule has 3 rings (SSSR count). The molecule has 0 fully saturated rings. The molecule has 0 bridgehead atoms. The molecule has 2 aromatic carbocycles. The second-order valence-electron chi connectivity index (χ2n) is 7.78. The summed E-state index contributed by atoms with van der Waals surface area (Å²) in [5.74, 6) is -0.166. The fourth-order valence-corrected chi connectivity index (χ4v) is 4.46. The van der Waals surface area contributed by atoms with Gasteiger partial charge in [0.2, 0.25) is 0 Å². The molecular formula is C24H26N4O4S2. The highest BCUT2D eigenvalue weighted by Crippen LogP contribution is 2.29. The van der Waals surface area contributed by atoms with Gasteiger partial charge in [-0.2, -0.15) is 4.37 Å². The summed E-state index contributed by atoms with van der Waals surface area (Å²) in [5, 5.41) is 11.9. The number of hydrogen-bond donors (Lipinski definition) is 2. The van der Waals surface area contributed by atoms with Crippen molar-refractivity contribution in [1.82, 2.24) is 9.36 Å². The van der Waals surface area contributed by atoms with Crippen molar-refractivity contribution in [3.05, 3.63) is 65.2 Å². The molecule has 178 valence electrons. The lowest BCUT2D eigenvalue weighted by Gasteiger charge is -2.15. The summed E-state index contributed by atoms with van der Waals surface area (Å²) >= 11 is 1.08. The molecule has 0 atom stereocenters. The number of carbonyl (C=O) groups is 1. The van der Waals surface area contributed by atoms with E-state index in [1.165, 1.54) is 18.2 Å². The SMILES string of the molecule is CCOC(=O)C(=N)/C=C(\Nc1ccccc1C(C)C)c1nc(-c2cccc(S(C)(=O)=O)c2)ns1. The lowest BCUT2D eigenvalue weighted by atomic mass is 10.0. The van der Waals surface area contributed by atoms with Crippen LogP contribution >= 0.6 is 11.5 Å². The molecular weight excluding hydrogens is 472 g/mol. The normalized spacial score (nSPS) is 12.0. The van der Waals surface area contributed by atoms with Crippen molar-refractivity contribution in [1.29, 1.82) is 5.41 Å². The molecule has 0 spiro atoms. The minimum absolute atomic E-state index is 0.160. The standard InChI is InChI=1S/C24H26N4O4S2/c1-5-32-24(29)19(25)14-21(26-20-12-7-6-11-18(20)15(2)3)23-27-22(28-33-23)16-9-8-10-17(13-16)34(4,30)31/h6-15,25-26H,5H2,1-4H3/b21-14-,25-19?. The number of nitrogens with one attached hydrogen (secondary N) is 2. The maximum atomic E-state index is 12.1. The molecule has 0 amide bonds. The molecule has 0 aliphatic heterocycles. The zero-order valence-corrected chi connectivity index (χ0v) is 21.0. The van der Waals surface area contributed by atoms with Gasteiger partial charge in [0.15, 0.2) is 20.7 Å². The second-order valence-corrected chi connectivity index (χ2v) is 10.5. The maximum absolute atomic E-state index is 12.1. The van der Waals surface area contributed by atoms with Gasteiger partial charge in [-0.05, 0) is 54.2 Å². The van der Waals surface area contributed by atoms with E-state index in [-0.39, 0.29) is 23.1 Å². The fourth-order valence-electron chi connectivity index (χ4n) is 3.14. The van der Waals surface area contributed by atoms with E-state index >= 15 is 0 Å². The molecule has 34 heavy (non-hydrogen) atoms. The van der Waals surface area contributed by atoms with E-state index in [0.717, 1.165) is 29.0 Å². The first kappa shape index (κ1) is 25.3. The van der Waals surface area contributed by atoms with Crippen molar-refractivity contribution < 1.29 is 17.9 Å². The average molecular weight is 499 g/mol. The van der Waals surface area contributed by atoms with Crippen LogP contribution in [0.4, 0.5) is 5.69 Å². The van der Waals surface area contributed by atoms with Gasteiger partial charge in [0, 0.05) is 17.5 Å². The quantitative estimate of drug-likeness (QED) is 0.322. The van der Waals surface area contributed by atoms with E-state index in [9.17, 15) is 13.2 Å². The van der Waals surface area contributed by atoms with Crippen molar-refractivity contribution in [2.75, 3.05) is 18.2 Å². The monoisotopic (exact) mass is 498 g/mol. The molecule has 0 aliphatic rings. The number of sulfone groups is 1. The van der Waals surface area contributed by atoms with E-state index in [4.69, 9.17) is 10.1 Å². The Morgan fingerprint density at radius 3 is 2.62 bits per heavy atom. The first-order valence-electron chi connectivity index (χ1n) is 10.6. The molecule has 0 saturated heterocycles. The third-order valence-electron chi connectivity index (χ3n) is 4.81. The highest BCUT2D eigenvalue weighted by molar-refractivity contribution is 7.90. The van der Waals surface area contributed by atoms with Crippen LogP contribution in [0.25, 0.3) is 17.1 Å². The number of benzene rings is 2. The van der Waals surface area contributed by atoms with Gasteiger partial charge in [0.05, 0.1) is 17.2 Å². The third-order valence-corrected chi connectivity index (χ3v) is 6.67. The lowest BCUT2D eigenvalue weighted by molar-refractivity contribution is -0.135. The van der Waals surface area contributed by atoms with Crippen molar-refractivity contribution in [2.24, 2.45) is 0 Å². The Balaban J connectivity index is 2.04. The number of ether oxygens (including phenoxy) is 1. The largest absolute Gasteiger partial charge is 0.461 e. The van der Waals surface area contributed by atoms with Crippen molar-refractivity contribution in [3.63, 3.8) is 0 Å². The molecule has 1 aromatic heterocycles. The van der Waals surface area contributed by atoms with Crippen LogP contribution in [0, 0.1) is 5.41 Å². The Kier molecular flexibility index (Phi) is 7.95. The van der Waals surface area contributed by atoms with E-state index in [2.05, 4.69) is 28.5 Å². The van der Waals surface area contributed by atoms with Crippen LogP contribution in [0.5, 0.6) is 0 Å². The number of esters is 1. The van der Waals surface area contributed by atoms with Crippen LogP contribution in [-0.4, -0.2) is 42.3 Å². The minimum Gasteiger partial charge on any atom is -0.461 e. The predicted molar refractivity (Wildman–Crippen MR) is 135 cm³/mol. The number of aromatic nitrogens is 2. The van der Waals surface area contributed by atoms with Crippen LogP contribution in [0.2, 0.25) is 0 Å². The topological polar surface area (TPSA) is 122 Å². The van der Waals surface area contributed by atoms with Crippen LogP contribution in [0.1, 0.15) is 37.3 Å². The Morgan fingerprint density at radius 2 is 1.94 bits per heavy atom. The summed E-state index contributed by atoms with van der Waals surface area (Å²) in [5.41, 5.74) is 2.50. The number of anilines is 1. The van der Waals surface area contributed by atoms with Gasteiger partial charge in [-0.1, -0.05) is 44.2 Å². The van der Waals surface area contributed by atoms with Crippen LogP contribution < -0.4 is 5.32 Å².